The molecule has 1 amide bonds. The number of rotatable bonds is 5. The number of piperidine rings is 2. The van der Waals surface area contributed by atoms with Gasteiger partial charge in [-0.15, -0.1) is 0 Å². The lowest BCUT2D eigenvalue weighted by molar-refractivity contribution is -0.143. The van der Waals surface area contributed by atoms with E-state index in [0.29, 0.717) is 47.4 Å². The van der Waals surface area contributed by atoms with Crippen molar-refractivity contribution in [2.45, 2.75) is 75.4 Å². The van der Waals surface area contributed by atoms with Crippen LogP contribution in [0.1, 0.15) is 75.6 Å². The Hall–Kier alpha value is -4.06. The largest absolute Gasteiger partial charge is 0.416 e. The maximum Gasteiger partial charge on any atom is 0.416 e. The Morgan fingerprint density at radius 2 is 1.45 bits per heavy atom. The molecule has 0 bridgehead atoms. The Balaban J connectivity index is 1.05. The molecular formula is C42H38Cl2F6N4O. The first-order valence-corrected chi connectivity index (χ1v) is 19.3. The summed E-state index contributed by atoms with van der Waals surface area (Å²) in [7, 11) is 0. The average molecular weight is 800 g/mol. The van der Waals surface area contributed by atoms with Crippen LogP contribution in [-0.4, -0.2) is 57.0 Å². The monoisotopic (exact) mass is 798 g/mol. The summed E-state index contributed by atoms with van der Waals surface area (Å²) < 4.78 is 85.0. The van der Waals surface area contributed by atoms with Crippen molar-refractivity contribution in [2.75, 3.05) is 19.6 Å². The number of amides is 1. The number of aromatic nitrogens is 2. The highest BCUT2D eigenvalue weighted by Gasteiger charge is 2.42. The van der Waals surface area contributed by atoms with E-state index in [2.05, 4.69) is 51.9 Å². The van der Waals surface area contributed by atoms with Crippen molar-refractivity contribution in [3.63, 3.8) is 0 Å². The summed E-state index contributed by atoms with van der Waals surface area (Å²) in [5, 5.41) is 0.658. The van der Waals surface area contributed by atoms with Gasteiger partial charge in [0.2, 0.25) is 0 Å². The van der Waals surface area contributed by atoms with Gasteiger partial charge in [-0.2, -0.15) is 26.3 Å². The van der Waals surface area contributed by atoms with Crippen LogP contribution in [0.4, 0.5) is 26.3 Å². The summed E-state index contributed by atoms with van der Waals surface area (Å²) in [6.07, 6.45) is -6.05. The summed E-state index contributed by atoms with van der Waals surface area (Å²) in [6, 6.07) is 22.6. The van der Waals surface area contributed by atoms with E-state index in [1.807, 2.05) is 6.07 Å². The molecule has 5 nitrogen and oxygen atoms in total. The molecule has 2 saturated heterocycles. The molecular weight excluding hydrogens is 761 g/mol. The minimum absolute atomic E-state index is 0.0448. The molecule has 0 saturated carbocycles. The molecule has 5 aromatic rings. The number of benzene rings is 4. The molecule has 0 N–H and O–H groups in total. The summed E-state index contributed by atoms with van der Waals surface area (Å²) >= 11 is 12.5. The molecule has 3 aliphatic rings. The highest BCUT2D eigenvalue weighted by Crippen LogP contribution is 2.43. The smallest absolute Gasteiger partial charge is 0.335 e. The number of hydrogen-bond acceptors (Lipinski definition) is 3. The number of carbonyl (C=O) groups excluding carboxylic acids is 1. The fourth-order valence-corrected chi connectivity index (χ4v) is 9.41. The maximum absolute atomic E-state index is 14.0. The summed E-state index contributed by atoms with van der Waals surface area (Å²) in [5.41, 5.74) is 1.88. The third-order valence-corrected chi connectivity index (χ3v) is 12.5. The van der Waals surface area contributed by atoms with Crippen LogP contribution >= 0.6 is 23.2 Å². The molecule has 3 atom stereocenters. The van der Waals surface area contributed by atoms with Crippen LogP contribution in [-0.2, 0) is 31.7 Å². The van der Waals surface area contributed by atoms with Gasteiger partial charge in [-0.1, -0.05) is 65.7 Å². The van der Waals surface area contributed by atoms with Gasteiger partial charge in [-0.25, -0.2) is 4.98 Å². The summed E-state index contributed by atoms with van der Waals surface area (Å²) in [4.78, 5) is 23.1. The number of fused-ring (bicyclic) bond motifs is 4. The molecule has 288 valence electrons. The van der Waals surface area contributed by atoms with Gasteiger partial charge in [-0.3, -0.25) is 4.79 Å². The quantitative estimate of drug-likeness (QED) is 0.166. The van der Waals surface area contributed by atoms with Crippen LogP contribution < -0.4 is 0 Å². The Bertz CT molecular complexity index is 2200. The van der Waals surface area contributed by atoms with Gasteiger partial charge in [0.1, 0.15) is 5.82 Å². The lowest BCUT2D eigenvalue weighted by Gasteiger charge is -2.46. The van der Waals surface area contributed by atoms with E-state index < -0.39 is 41.0 Å². The molecule has 13 heteroatoms. The van der Waals surface area contributed by atoms with Crippen molar-refractivity contribution in [1.29, 1.82) is 0 Å². The number of hydrogen-bond donors (Lipinski definition) is 0. The van der Waals surface area contributed by atoms with E-state index in [1.165, 1.54) is 16.0 Å². The molecule has 0 radical (unpaired) electrons. The van der Waals surface area contributed by atoms with Gasteiger partial charge in [0, 0.05) is 36.7 Å². The molecule has 4 aromatic carbocycles. The zero-order valence-corrected chi connectivity index (χ0v) is 31.2. The second kappa shape index (κ2) is 14.8. The molecule has 0 aliphatic carbocycles. The van der Waals surface area contributed by atoms with Gasteiger partial charge >= 0.3 is 12.4 Å². The minimum atomic E-state index is -5.07. The van der Waals surface area contributed by atoms with Crippen LogP contribution in [0.15, 0.2) is 84.9 Å². The van der Waals surface area contributed by atoms with Crippen molar-refractivity contribution >= 4 is 40.1 Å². The number of para-hydroxylation sites is 2. The van der Waals surface area contributed by atoms with Crippen molar-refractivity contribution in [3.8, 4) is 0 Å². The lowest BCUT2D eigenvalue weighted by Crippen LogP contribution is -2.54. The number of nitrogens with zero attached hydrogens (tertiary/aromatic N) is 4. The minimum Gasteiger partial charge on any atom is -0.335 e. The van der Waals surface area contributed by atoms with Crippen molar-refractivity contribution in [3.05, 3.63) is 134 Å². The average Bonchev–Trinajstić information content (AvgIpc) is 3.44. The van der Waals surface area contributed by atoms with Crippen molar-refractivity contribution < 1.29 is 31.1 Å². The fourth-order valence-electron chi connectivity index (χ4n) is 9.09. The standard InChI is InChI=1S/C42H38Cl2F6N4O/c43-34-10-9-25(20-35(34)44)19-32-24-31(14-18-53(32)40(55)28-21-29(41(45,46)47)23-30(22-28)42(48,49)50)52-15-11-27(12-16-52)38-33-6-2-1-5-26(33)13-17-54-37-8-4-3-7-36(37)51-39(38)54/h1-10,20-23,27,31-32,38H,11-19,24H2/t31-,32+,38?/m1/s1. The number of imidazole rings is 1. The molecule has 8 rings (SSSR count). The van der Waals surface area contributed by atoms with E-state index in [9.17, 15) is 31.1 Å². The number of halogens is 8. The van der Waals surface area contributed by atoms with Crippen LogP contribution in [0, 0.1) is 5.92 Å². The van der Waals surface area contributed by atoms with Crippen LogP contribution in [0.3, 0.4) is 0 Å². The molecule has 1 aromatic heterocycles. The molecule has 4 heterocycles. The number of aryl methyl sites for hydroxylation is 2. The van der Waals surface area contributed by atoms with Gasteiger partial charge < -0.3 is 14.4 Å². The van der Waals surface area contributed by atoms with Crippen LogP contribution in [0.2, 0.25) is 10.0 Å². The number of carbonyl (C=O) groups is 1. The molecule has 55 heavy (non-hydrogen) atoms. The first-order chi connectivity index (χ1) is 26.2. The van der Waals surface area contributed by atoms with Gasteiger partial charge in [0.05, 0.1) is 32.2 Å². The summed E-state index contributed by atoms with van der Waals surface area (Å²) in [6.45, 7) is 2.65. The van der Waals surface area contributed by atoms with Gasteiger partial charge in [-0.05, 0) is 117 Å². The zero-order chi connectivity index (χ0) is 38.6. The second-order valence-electron chi connectivity index (χ2n) is 15.0. The normalized spacial score (nSPS) is 21.3. The van der Waals surface area contributed by atoms with Crippen molar-refractivity contribution in [1.82, 2.24) is 19.4 Å². The third-order valence-electron chi connectivity index (χ3n) is 11.8. The number of alkyl halides is 6. The maximum atomic E-state index is 14.0. The van der Waals surface area contributed by atoms with E-state index in [-0.39, 0.29) is 24.6 Å². The van der Waals surface area contributed by atoms with Gasteiger partial charge in [0.15, 0.2) is 0 Å². The van der Waals surface area contributed by atoms with Gasteiger partial charge in [0.25, 0.3) is 5.91 Å². The Kier molecular flexibility index (Phi) is 10.2. The molecule has 1 unspecified atom stereocenters. The molecule has 3 aliphatic heterocycles. The first-order valence-electron chi connectivity index (χ1n) is 18.6. The van der Waals surface area contributed by atoms with Crippen LogP contribution in [0.5, 0.6) is 0 Å². The number of likely N-dealkylation sites (tertiary alicyclic amines) is 2. The Morgan fingerprint density at radius 3 is 2.16 bits per heavy atom. The molecule has 2 fully saturated rings. The Morgan fingerprint density at radius 1 is 0.764 bits per heavy atom. The third kappa shape index (κ3) is 7.59. The highest BCUT2D eigenvalue weighted by atomic mass is 35.5. The predicted octanol–water partition coefficient (Wildman–Crippen LogP) is 10.7. The SMILES string of the molecule is O=C(c1cc(C(F)(F)F)cc(C(F)(F)F)c1)N1CC[C@@H](N2CCC(C3c4ccccc4CCn4c3nc3ccccc34)CC2)C[C@@H]1Cc1ccc(Cl)c(Cl)c1. The fraction of sp³-hybridized carbons (Fsp3) is 0.381. The Labute approximate surface area is 324 Å². The predicted molar refractivity (Wildman–Crippen MR) is 200 cm³/mol. The summed E-state index contributed by atoms with van der Waals surface area (Å²) in [5.74, 6) is 0.697. The van der Waals surface area contributed by atoms with Crippen molar-refractivity contribution in [2.24, 2.45) is 5.92 Å². The van der Waals surface area contributed by atoms with E-state index in [0.717, 1.165) is 61.3 Å². The van der Waals surface area contributed by atoms with Crippen LogP contribution in [0.25, 0.3) is 11.0 Å². The molecule has 0 spiro atoms. The zero-order valence-electron chi connectivity index (χ0n) is 29.7. The highest BCUT2D eigenvalue weighted by molar-refractivity contribution is 6.42. The first kappa shape index (κ1) is 37.8. The lowest BCUT2D eigenvalue weighted by atomic mass is 9.77. The van der Waals surface area contributed by atoms with E-state index in [1.54, 1.807) is 18.2 Å². The van der Waals surface area contributed by atoms with E-state index >= 15 is 0 Å². The second-order valence-corrected chi connectivity index (χ2v) is 15.8. The van der Waals surface area contributed by atoms with E-state index in [4.69, 9.17) is 28.2 Å². The topological polar surface area (TPSA) is 41.4 Å².